The van der Waals surface area contributed by atoms with Gasteiger partial charge in [-0.3, -0.25) is 29.1 Å². The molecule has 4 fully saturated rings. The molecule has 4 aromatic rings. The summed E-state index contributed by atoms with van der Waals surface area (Å²) in [7, 11) is 0. The molecule has 1 unspecified atom stereocenters. The molecule has 1 aliphatic carbocycles. The van der Waals surface area contributed by atoms with E-state index < -0.39 is 11.1 Å². The number of anilines is 3. The van der Waals surface area contributed by atoms with E-state index in [1.807, 2.05) is 43.5 Å². The predicted octanol–water partition coefficient (Wildman–Crippen LogP) is 6.44. The van der Waals surface area contributed by atoms with Gasteiger partial charge in [0.2, 0.25) is 17.8 Å². The van der Waals surface area contributed by atoms with E-state index in [4.69, 9.17) is 4.98 Å². The van der Waals surface area contributed by atoms with Gasteiger partial charge in [-0.1, -0.05) is 31.0 Å². The highest BCUT2D eigenvalue weighted by Crippen LogP contribution is 2.37. The van der Waals surface area contributed by atoms with Gasteiger partial charge in [-0.2, -0.15) is 4.98 Å². The number of carbonyl (C=O) groups is 3. The number of pyridine rings is 2. The van der Waals surface area contributed by atoms with E-state index in [-0.39, 0.29) is 34.8 Å². The first kappa shape index (κ1) is 37.9. The van der Waals surface area contributed by atoms with Gasteiger partial charge in [-0.15, -0.1) is 0 Å². The quantitative estimate of drug-likeness (QED) is 0.145. The van der Waals surface area contributed by atoms with Crippen LogP contribution in [0.5, 0.6) is 0 Å². The molecule has 294 valence electrons. The fraction of sp³-hybridized carbons (Fsp3) is 0.512. The molecule has 0 radical (unpaired) electrons. The van der Waals surface area contributed by atoms with Gasteiger partial charge < -0.3 is 15.1 Å². The lowest BCUT2D eigenvalue weighted by molar-refractivity contribution is -0.137. The Morgan fingerprint density at radius 1 is 0.964 bits per heavy atom. The van der Waals surface area contributed by atoms with Crippen LogP contribution in [0.3, 0.4) is 0 Å². The van der Waals surface area contributed by atoms with E-state index in [9.17, 15) is 19.2 Å². The molecule has 6 heterocycles. The van der Waals surface area contributed by atoms with Crippen molar-refractivity contribution in [1.29, 1.82) is 0 Å². The van der Waals surface area contributed by atoms with Gasteiger partial charge in [-0.25, -0.2) is 14.4 Å². The smallest absolute Gasteiger partial charge is 0.263 e. The summed E-state index contributed by atoms with van der Waals surface area (Å²) in [6, 6.07) is 12.0. The number of piperidine rings is 3. The maximum atomic E-state index is 16.3. The standard InChI is InChI=1S/C43H51FN8O4/c1-27-34-25-46-41(49-38(34)52(32-8-4-5-9-32)39(55)37(27)28(2)53)47-35-12-11-30(24-45-35)29-14-19-50(20-15-29)26-43(44)17-21-51(22-18-43)33-10-6-7-31(23-33)42(3)16-13-36(54)48-40(42)56/h6-7,10-12,23-25,29,32H,4-5,8-9,13-22,26H2,1-3H3,(H,48,54,56)(H,45,46,47,49). The van der Waals surface area contributed by atoms with Crippen LogP contribution in [0.4, 0.5) is 21.8 Å². The van der Waals surface area contributed by atoms with Gasteiger partial charge >= 0.3 is 0 Å². The highest BCUT2D eigenvalue weighted by molar-refractivity contribution is 6.03. The minimum atomic E-state index is -1.25. The fourth-order valence-corrected chi connectivity index (χ4v) is 9.42. The number of nitrogens with one attached hydrogen (secondary N) is 2. The second-order valence-corrected chi connectivity index (χ2v) is 16.7. The van der Waals surface area contributed by atoms with E-state index in [0.29, 0.717) is 79.6 Å². The molecule has 2 N–H and O–H groups in total. The largest absolute Gasteiger partial charge is 0.371 e. The van der Waals surface area contributed by atoms with Crippen LogP contribution < -0.4 is 21.1 Å². The van der Waals surface area contributed by atoms with Crippen molar-refractivity contribution in [2.75, 3.05) is 42.9 Å². The number of nitrogens with zero attached hydrogens (tertiary/aromatic N) is 6. The third-order valence-corrected chi connectivity index (χ3v) is 13.0. The van der Waals surface area contributed by atoms with Gasteiger partial charge in [-0.05, 0) is 107 Å². The van der Waals surface area contributed by atoms with Crippen molar-refractivity contribution in [3.05, 3.63) is 81.4 Å². The summed E-state index contributed by atoms with van der Waals surface area (Å²) in [6.45, 7) is 8.39. The van der Waals surface area contributed by atoms with E-state index in [2.05, 4.69) is 36.5 Å². The van der Waals surface area contributed by atoms with E-state index in [1.54, 1.807) is 17.7 Å². The molecule has 2 amide bonds. The number of hydrogen-bond donors (Lipinski definition) is 2. The SMILES string of the molecule is CC(=O)c1c(C)c2cnc(Nc3ccc(C4CCN(CC5(F)CCN(c6cccc(C7(C)CCC(=O)NC7=O)c6)CC5)CC4)cn3)nc2n(C2CCCC2)c1=O. The van der Waals surface area contributed by atoms with Crippen LogP contribution in [0.1, 0.15) is 117 Å². The Hall–Kier alpha value is -5.04. The van der Waals surface area contributed by atoms with Crippen LogP contribution >= 0.6 is 0 Å². The summed E-state index contributed by atoms with van der Waals surface area (Å²) in [4.78, 5) is 69.0. The van der Waals surface area contributed by atoms with Crippen molar-refractivity contribution in [2.45, 2.75) is 108 Å². The molecule has 56 heavy (non-hydrogen) atoms. The monoisotopic (exact) mass is 762 g/mol. The van der Waals surface area contributed by atoms with Crippen LogP contribution in [-0.2, 0) is 15.0 Å². The van der Waals surface area contributed by atoms with Gasteiger partial charge in [0.1, 0.15) is 17.1 Å². The van der Waals surface area contributed by atoms with E-state index >= 15 is 4.39 Å². The lowest BCUT2D eigenvalue weighted by Gasteiger charge is -2.42. The second-order valence-electron chi connectivity index (χ2n) is 16.7. The zero-order valence-corrected chi connectivity index (χ0v) is 32.6. The molecule has 1 saturated carbocycles. The summed E-state index contributed by atoms with van der Waals surface area (Å²) < 4.78 is 18.0. The molecular weight excluding hydrogens is 712 g/mol. The Kier molecular flexibility index (Phi) is 10.2. The number of benzene rings is 1. The van der Waals surface area contributed by atoms with Crippen LogP contribution in [0, 0.1) is 6.92 Å². The normalized spacial score (nSPS) is 22.4. The lowest BCUT2D eigenvalue weighted by Crippen LogP contribution is -2.50. The summed E-state index contributed by atoms with van der Waals surface area (Å²) in [6.07, 6.45) is 11.0. The molecule has 3 aromatic heterocycles. The van der Waals surface area contributed by atoms with Gasteiger partial charge in [0.15, 0.2) is 5.78 Å². The zero-order chi connectivity index (χ0) is 39.2. The highest BCUT2D eigenvalue weighted by atomic mass is 19.1. The number of alkyl halides is 1. The number of halogens is 1. The molecule has 3 aliphatic heterocycles. The topological polar surface area (TPSA) is 142 Å². The second kappa shape index (κ2) is 15.1. The minimum Gasteiger partial charge on any atom is -0.371 e. The number of ketones is 1. The number of aromatic nitrogens is 4. The predicted molar refractivity (Wildman–Crippen MR) is 213 cm³/mol. The first-order valence-corrected chi connectivity index (χ1v) is 20.2. The molecule has 0 spiro atoms. The number of rotatable bonds is 9. The first-order valence-electron chi connectivity index (χ1n) is 20.2. The fourth-order valence-electron chi connectivity index (χ4n) is 9.42. The highest BCUT2D eigenvalue weighted by Gasteiger charge is 2.41. The summed E-state index contributed by atoms with van der Waals surface area (Å²) >= 11 is 0. The van der Waals surface area contributed by atoms with Crippen molar-refractivity contribution in [3.8, 4) is 0 Å². The number of carbonyl (C=O) groups excluding carboxylic acids is 3. The van der Waals surface area contributed by atoms with Crippen molar-refractivity contribution in [2.24, 2.45) is 0 Å². The molecular formula is C43H51FN8O4. The molecule has 13 heteroatoms. The minimum absolute atomic E-state index is 0.00563. The van der Waals surface area contributed by atoms with Crippen LogP contribution in [-0.4, -0.2) is 80.4 Å². The lowest BCUT2D eigenvalue weighted by atomic mass is 9.75. The van der Waals surface area contributed by atoms with Crippen molar-refractivity contribution < 1.29 is 18.8 Å². The molecule has 3 saturated heterocycles. The summed E-state index contributed by atoms with van der Waals surface area (Å²) in [5.74, 6) is 0.537. The average Bonchev–Trinajstić information content (AvgIpc) is 3.72. The third-order valence-electron chi connectivity index (χ3n) is 13.0. The van der Waals surface area contributed by atoms with E-state index in [1.165, 1.54) is 6.92 Å². The van der Waals surface area contributed by atoms with Crippen molar-refractivity contribution >= 4 is 46.1 Å². The number of amides is 2. The van der Waals surface area contributed by atoms with Crippen molar-refractivity contribution in [3.63, 3.8) is 0 Å². The molecule has 8 rings (SSSR count). The Labute approximate surface area is 326 Å². The molecule has 4 aliphatic rings. The maximum absolute atomic E-state index is 16.3. The Morgan fingerprint density at radius 3 is 2.39 bits per heavy atom. The Bertz CT molecular complexity index is 2220. The number of Topliss-reactive ketones (excluding diaryl/α,β-unsaturated/α-hetero) is 1. The van der Waals surface area contributed by atoms with Crippen molar-refractivity contribution in [1.82, 2.24) is 29.7 Å². The Morgan fingerprint density at radius 2 is 1.71 bits per heavy atom. The summed E-state index contributed by atoms with van der Waals surface area (Å²) in [5, 5.41) is 6.41. The number of fused-ring (bicyclic) bond motifs is 1. The number of likely N-dealkylation sites (tertiary alicyclic amines) is 1. The molecule has 1 aromatic carbocycles. The number of imide groups is 1. The summed E-state index contributed by atoms with van der Waals surface area (Å²) in [5.41, 5.74) is 2.09. The van der Waals surface area contributed by atoms with Crippen LogP contribution in [0.2, 0.25) is 0 Å². The molecule has 1 atom stereocenters. The first-order chi connectivity index (χ1) is 26.9. The maximum Gasteiger partial charge on any atom is 0.263 e. The third kappa shape index (κ3) is 7.33. The van der Waals surface area contributed by atoms with Gasteiger partial charge in [0.05, 0.1) is 11.0 Å². The number of hydrogen-bond acceptors (Lipinski definition) is 10. The Balaban J connectivity index is 0.860. The van der Waals surface area contributed by atoms with E-state index in [0.717, 1.165) is 68.4 Å². The van der Waals surface area contributed by atoms with Crippen LogP contribution in [0.25, 0.3) is 11.0 Å². The van der Waals surface area contributed by atoms with Crippen LogP contribution in [0.15, 0.2) is 53.6 Å². The van der Waals surface area contributed by atoms with Gasteiger partial charge in [0, 0.05) is 68.4 Å². The average molecular weight is 763 g/mol. The number of aryl methyl sites for hydroxylation is 1. The zero-order valence-electron chi connectivity index (χ0n) is 32.6. The molecule has 12 nitrogen and oxygen atoms in total. The molecule has 0 bridgehead atoms. The van der Waals surface area contributed by atoms with Gasteiger partial charge in [0.25, 0.3) is 5.56 Å².